The van der Waals surface area contributed by atoms with E-state index < -0.39 is 0 Å². The van der Waals surface area contributed by atoms with Gasteiger partial charge in [-0.3, -0.25) is 0 Å². The highest BCUT2D eigenvalue weighted by atomic mass is 14.8. The third-order valence-corrected chi connectivity index (χ3v) is 4.55. The fourth-order valence-corrected chi connectivity index (χ4v) is 3.21. The van der Waals surface area contributed by atoms with E-state index in [0.717, 1.165) is 12.8 Å². The molecule has 20 heavy (non-hydrogen) atoms. The Hall–Kier alpha value is -1.60. The van der Waals surface area contributed by atoms with Gasteiger partial charge in [0.05, 0.1) is 5.54 Å². The van der Waals surface area contributed by atoms with Crippen molar-refractivity contribution in [2.24, 2.45) is 5.73 Å². The van der Waals surface area contributed by atoms with Crippen molar-refractivity contribution in [3.05, 3.63) is 70.8 Å². The van der Waals surface area contributed by atoms with Gasteiger partial charge >= 0.3 is 0 Å². The predicted molar refractivity (Wildman–Crippen MR) is 84.9 cm³/mol. The van der Waals surface area contributed by atoms with Gasteiger partial charge in [-0.05, 0) is 40.5 Å². The van der Waals surface area contributed by atoms with Crippen molar-refractivity contribution in [1.82, 2.24) is 0 Å². The summed E-state index contributed by atoms with van der Waals surface area (Å²) >= 11 is 0. The highest BCUT2D eigenvalue weighted by Crippen LogP contribution is 2.40. The second-order valence-electron chi connectivity index (χ2n) is 6.96. The van der Waals surface area contributed by atoms with Crippen LogP contribution in [0.25, 0.3) is 0 Å². The Labute approximate surface area is 121 Å². The fourth-order valence-electron chi connectivity index (χ4n) is 3.21. The molecule has 1 aliphatic carbocycles. The summed E-state index contributed by atoms with van der Waals surface area (Å²) in [6.07, 6.45) is 2.08. The van der Waals surface area contributed by atoms with Crippen molar-refractivity contribution in [3.8, 4) is 0 Å². The maximum absolute atomic E-state index is 6.75. The molecule has 2 N–H and O–H groups in total. The first-order valence-electron chi connectivity index (χ1n) is 7.39. The van der Waals surface area contributed by atoms with E-state index in [1.54, 1.807) is 0 Å². The van der Waals surface area contributed by atoms with Crippen LogP contribution in [0.2, 0.25) is 0 Å². The van der Waals surface area contributed by atoms with E-state index in [4.69, 9.17) is 5.73 Å². The smallest absolute Gasteiger partial charge is 0.0671 e. The Kier molecular flexibility index (Phi) is 2.98. The molecule has 3 rings (SSSR count). The zero-order valence-electron chi connectivity index (χ0n) is 12.6. The molecule has 0 saturated carbocycles. The van der Waals surface area contributed by atoms with Gasteiger partial charge in [-0.2, -0.15) is 0 Å². The van der Waals surface area contributed by atoms with Gasteiger partial charge in [0, 0.05) is 0 Å². The molecule has 0 spiro atoms. The summed E-state index contributed by atoms with van der Waals surface area (Å²) in [5.74, 6) is 0. The van der Waals surface area contributed by atoms with E-state index in [1.807, 2.05) is 0 Å². The summed E-state index contributed by atoms with van der Waals surface area (Å²) in [5, 5.41) is 0. The number of hydrogen-bond acceptors (Lipinski definition) is 1. The molecule has 0 fully saturated rings. The van der Waals surface area contributed by atoms with Gasteiger partial charge in [0.1, 0.15) is 0 Å². The summed E-state index contributed by atoms with van der Waals surface area (Å²) in [6, 6.07) is 17.5. The number of hydrogen-bond donors (Lipinski definition) is 1. The largest absolute Gasteiger partial charge is 0.318 e. The van der Waals surface area contributed by atoms with Gasteiger partial charge in [-0.1, -0.05) is 69.3 Å². The van der Waals surface area contributed by atoms with Crippen molar-refractivity contribution < 1.29 is 0 Å². The lowest BCUT2D eigenvalue weighted by atomic mass is 9.82. The molecule has 0 bridgehead atoms. The number of rotatable bonds is 1. The predicted octanol–water partition coefficient (Wildman–Crippen LogP) is 4.13. The minimum atomic E-state index is -0.312. The van der Waals surface area contributed by atoms with Gasteiger partial charge in [0.2, 0.25) is 0 Å². The van der Waals surface area contributed by atoms with Crippen LogP contribution in [0.3, 0.4) is 0 Å². The van der Waals surface area contributed by atoms with Gasteiger partial charge < -0.3 is 5.73 Å². The molecule has 0 radical (unpaired) electrons. The molecule has 0 aliphatic heterocycles. The van der Waals surface area contributed by atoms with Crippen LogP contribution in [0.1, 0.15) is 49.4 Å². The molecule has 0 saturated heterocycles. The molecule has 1 nitrogen and oxygen atoms in total. The standard InChI is InChI=1S/C19H23N/c1-18(2,3)15-8-10-16(11-9-15)19(20)13-12-14-6-4-5-7-17(14)19/h4-11H,12-13,20H2,1-3H3. The third-order valence-electron chi connectivity index (χ3n) is 4.55. The zero-order chi connectivity index (χ0) is 14.4. The maximum atomic E-state index is 6.75. The summed E-state index contributed by atoms with van der Waals surface area (Å²) < 4.78 is 0. The lowest BCUT2D eigenvalue weighted by molar-refractivity contribution is 0.532. The number of aryl methyl sites for hydroxylation is 1. The molecular formula is C19H23N. The Morgan fingerprint density at radius 1 is 0.950 bits per heavy atom. The number of fused-ring (bicyclic) bond motifs is 1. The van der Waals surface area contributed by atoms with E-state index in [2.05, 4.69) is 69.3 Å². The molecule has 0 aromatic heterocycles. The molecule has 0 heterocycles. The van der Waals surface area contributed by atoms with E-state index >= 15 is 0 Å². The fraction of sp³-hybridized carbons (Fsp3) is 0.368. The Balaban J connectivity index is 2.02. The lowest BCUT2D eigenvalue weighted by Gasteiger charge is -2.27. The second-order valence-corrected chi connectivity index (χ2v) is 6.96. The Bertz CT molecular complexity index is 619. The van der Waals surface area contributed by atoms with Crippen LogP contribution in [0.4, 0.5) is 0 Å². The first-order valence-corrected chi connectivity index (χ1v) is 7.39. The average Bonchev–Trinajstić information content (AvgIpc) is 2.78. The minimum Gasteiger partial charge on any atom is -0.318 e. The van der Waals surface area contributed by atoms with Crippen molar-refractivity contribution in [1.29, 1.82) is 0 Å². The van der Waals surface area contributed by atoms with Crippen LogP contribution < -0.4 is 5.73 Å². The topological polar surface area (TPSA) is 26.0 Å². The van der Waals surface area contributed by atoms with Crippen LogP contribution in [0.5, 0.6) is 0 Å². The lowest BCUT2D eigenvalue weighted by Crippen LogP contribution is -2.35. The summed E-state index contributed by atoms with van der Waals surface area (Å²) in [6.45, 7) is 6.72. The molecule has 1 atom stereocenters. The monoisotopic (exact) mass is 265 g/mol. The van der Waals surface area contributed by atoms with E-state index in [1.165, 1.54) is 22.3 Å². The Morgan fingerprint density at radius 2 is 1.60 bits per heavy atom. The summed E-state index contributed by atoms with van der Waals surface area (Å²) in [5.41, 5.74) is 11.9. The Morgan fingerprint density at radius 3 is 2.25 bits per heavy atom. The molecule has 1 aliphatic rings. The van der Waals surface area contributed by atoms with Crippen LogP contribution >= 0.6 is 0 Å². The number of nitrogens with two attached hydrogens (primary N) is 1. The van der Waals surface area contributed by atoms with Crippen LogP contribution in [-0.2, 0) is 17.4 Å². The van der Waals surface area contributed by atoms with E-state index in [0.29, 0.717) is 0 Å². The van der Waals surface area contributed by atoms with Gasteiger partial charge in [-0.15, -0.1) is 0 Å². The second kappa shape index (κ2) is 4.46. The van der Waals surface area contributed by atoms with Crippen molar-refractivity contribution in [2.45, 2.75) is 44.6 Å². The average molecular weight is 265 g/mol. The molecular weight excluding hydrogens is 242 g/mol. The first kappa shape index (κ1) is 13.4. The van der Waals surface area contributed by atoms with Crippen LogP contribution in [0, 0.1) is 0 Å². The quantitative estimate of drug-likeness (QED) is 0.824. The third kappa shape index (κ3) is 2.06. The highest BCUT2D eigenvalue weighted by Gasteiger charge is 2.36. The number of benzene rings is 2. The minimum absolute atomic E-state index is 0.188. The van der Waals surface area contributed by atoms with Gasteiger partial charge in [0.15, 0.2) is 0 Å². The van der Waals surface area contributed by atoms with Crippen molar-refractivity contribution in [2.75, 3.05) is 0 Å². The molecule has 1 heteroatoms. The molecule has 2 aromatic rings. The van der Waals surface area contributed by atoms with Crippen LogP contribution in [-0.4, -0.2) is 0 Å². The SMILES string of the molecule is CC(C)(C)c1ccc(C2(N)CCc3ccccc32)cc1. The molecule has 104 valence electrons. The molecule has 2 aromatic carbocycles. The van der Waals surface area contributed by atoms with Crippen molar-refractivity contribution in [3.63, 3.8) is 0 Å². The zero-order valence-corrected chi connectivity index (χ0v) is 12.6. The van der Waals surface area contributed by atoms with Crippen LogP contribution in [0.15, 0.2) is 48.5 Å². The summed E-state index contributed by atoms with van der Waals surface area (Å²) in [7, 11) is 0. The van der Waals surface area contributed by atoms with E-state index in [-0.39, 0.29) is 11.0 Å². The normalized spacial score (nSPS) is 21.8. The van der Waals surface area contributed by atoms with Gasteiger partial charge in [-0.25, -0.2) is 0 Å². The maximum Gasteiger partial charge on any atom is 0.0671 e. The first-order chi connectivity index (χ1) is 9.41. The molecule has 0 amide bonds. The van der Waals surface area contributed by atoms with Gasteiger partial charge in [0.25, 0.3) is 0 Å². The highest BCUT2D eigenvalue weighted by molar-refractivity contribution is 5.47. The summed E-state index contributed by atoms with van der Waals surface area (Å²) in [4.78, 5) is 0. The van der Waals surface area contributed by atoms with E-state index in [9.17, 15) is 0 Å². The molecule has 1 unspecified atom stereocenters. The van der Waals surface area contributed by atoms with Crippen molar-refractivity contribution >= 4 is 0 Å².